The quantitative estimate of drug-likeness (QED) is 0.0502. The zero-order valence-corrected chi connectivity index (χ0v) is 23.8. The number of Topliss-reactive ketones (excluding diaryl/α,β-unsaturated/α-hetero) is 1. The molecule has 0 saturated heterocycles. The van der Waals surface area contributed by atoms with Gasteiger partial charge in [0.15, 0.2) is 0 Å². The third-order valence-electron chi connectivity index (χ3n) is 3.57. The number of aliphatic hydroxyl groups is 1. The van der Waals surface area contributed by atoms with Crippen LogP contribution in [-0.2, 0) is 43.1 Å². The Morgan fingerprint density at radius 3 is 1.69 bits per heavy atom. The molecule has 0 saturated carbocycles. The van der Waals surface area contributed by atoms with Gasteiger partial charge in [-0.05, 0) is 32.1 Å². The molecule has 0 spiro atoms. The maximum Gasteiger partial charge on any atom is 1.00 e. The Bertz CT molecular complexity index is 535. The fourth-order valence-electron chi connectivity index (χ4n) is 1.95. The number of rotatable bonds is 15. The van der Waals surface area contributed by atoms with E-state index in [-0.39, 0.29) is 74.9 Å². The monoisotopic (exact) mass is 581 g/mol. The van der Waals surface area contributed by atoms with Crippen molar-refractivity contribution in [1.82, 2.24) is 0 Å². The Kier molecular flexibility index (Phi) is 62.9. The number of hydrogen-bond donors (Lipinski definition) is 1. The second-order valence-corrected chi connectivity index (χ2v) is 6.75. The SMILES string of the molecule is C.COC(=O)CCCCC(=O)CCCl.COC(=O)CCCC[C@@H](O)CCCl.O=C=O.O=CO[O-].[2H]F.[HH].[Na+]. The van der Waals surface area contributed by atoms with Crippen LogP contribution >= 0.6 is 23.2 Å². The van der Waals surface area contributed by atoms with E-state index in [1.165, 1.54) is 14.2 Å². The third kappa shape index (κ3) is 58.6. The van der Waals surface area contributed by atoms with Crippen molar-refractivity contribution >= 4 is 53.5 Å². The normalized spacial score (nSPS) is 9.03. The van der Waals surface area contributed by atoms with Gasteiger partial charge in [0, 0.05) is 38.9 Å². The molecule has 0 aromatic rings. The Hall–Kier alpha value is -1.11. The molecule has 0 radical (unpaired) electrons. The van der Waals surface area contributed by atoms with Gasteiger partial charge in [-0.25, -0.2) is 0 Å². The minimum atomic E-state index is -0.324. The molecule has 0 amide bonds. The molecule has 0 aliphatic carbocycles. The van der Waals surface area contributed by atoms with Gasteiger partial charge in [-0.15, -0.1) is 23.2 Å². The molecule has 15 heteroatoms. The number of methoxy groups -OCH3 is 2. The summed E-state index contributed by atoms with van der Waals surface area (Å²) in [4.78, 5) is 59.8. The summed E-state index contributed by atoms with van der Waals surface area (Å²) in [6, 6.07) is 0. The Morgan fingerprint density at radius 2 is 1.36 bits per heavy atom. The number of alkyl halides is 2. The van der Waals surface area contributed by atoms with Crippen LogP contribution in [0.4, 0.5) is 4.72 Å². The zero-order valence-electron chi connectivity index (χ0n) is 21.3. The number of aliphatic hydroxyl groups excluding tert-OH is 1. The van der Waals surface area contributed by atoms with Gasteiger partial charge in [0.05, 0.1) is 20.3 Å². The van der Waals surface area contributed by atoms with Gasteiger partial charge < -0.3 is 24.7 Å². The van der Waals surface area contributed by atoms with Gasteiger partial charge in [-0.3, -0.25) is 23.9 Å². The van der Waals surface area contributed by atoms with Crippen LogP contribution in [0.3, 0.4) is 0 Å². The molecule has 0 fully saturated rings. The molecular formula is C21H40Cl2FNaO11. The summed E-state index contributed by atoms with van der Waals surface area (Å²) in [5.74, 6) is 0.630. The molecule has 0 unspecified atom stereocenters. The molecule has 0 rings (SSSR count). The summed E-state index contributed by atoms with van der Waals surface area (Å²) in [6.07, 6.45) is 6.10. The van der Waals surface area contributed by atoms with Crippen molar-refractivity contribution in [3.8, 4) is 0 Å². The van der Waals surface area contributed by atoms with E-state index in [0.717, 1.165) is 19.3 Å². The summed E-state index contributed by atoms with van der Waals surface area (Å²) in [7, 11) is 2.74. The van der Waals surface area contributed by atoms with Crippen molar-refractivity contribution in [2.75, 3.05) is 26.0 Å². The molecule has 0 aromatic carbocycles. The van der Waals surface area contributed by atoms with E-state index >= 15 is 0 Å². The minimum Gasteiger partial charge on any atom is -0.662 e. The first-order valence-corrected chi connectivity index (χ1v) is 11.0. The molecule has 212 valence electrons. The van der Waals surface area contributed by atoms with Crippen LogP contribution in [-0.4, -0.2) is 69.0 Å². The van der Waals surface area contributed by atoms with Crippen LogP contribution in [0.1, 0.15) is 73.1 Å². The van der Waals surface area contributed by atoms with Gasteiger partial charge in [0.1, 0.15) is 5.78 Å². The second-order valence-electron chi connectivity index (χ2n) is 5.99. The largest absolute Gasteiger partial charge is 1.00 e. The van der Waals surface area contributed by atoms with Crippen molar-refractivity contribution < 1.29 is 89.2 Å². The maximum absolute atomic E-state index is 11.0. The number of ether oxygens (including phenoxy) is 2. The molecule has 0 bridgehead atoms. The van der Waals surface area contributed by atoms with E-state index in [1.54, 1.807) is 0 Å². The summed E-state index contributed by atoms with van der Waals surface area (Å²) in [6.45, 7) is -0.181. The molecule has 1 N–H and O–H groups in total. The van der Waals surface area contributed by atoms with Crippen LogP contribution in [0, 0.1) is 0 Å². The van der Waals surface area contributed by atoms with Crippen molar-refractivity contribution in [2.45, 2.75) is 77.7 Å². The van der Waals surface area contributed by atoms with E-state index in [0.29, 0.717) is 56.7 Å². The maximum atomic E-state index is 11.0. The third-order valence-corrected chi connectivity index (χ3v) is 3.97. The predicted octanol–water partition coefficient (Wildman–Crippen LogP) is -0.483. The van der Waals surface area contributed by atoms with Crippen molar-refractivity contribution in [3.05, 3.63) is 0 Å². The first-order chi connectivity index (χ1) is 16.7. The summed E-state index contributed by atoms with van der Waals surface area (Å²) < 4.78 is 21.9. The number of hydrogen-bond acceptors (Lipinski definition) is 11. The number of esters is 2. The molecule has 0 aliphatic heterocycles. The van der Waals surface area contributed by atoms with Crippen molar-refractivity contribution in [3.63, 3.8) is 0 Å². The Labute approximate surface area is 247 Å². The average molecular weight is 582 g/mol. The van der Waals surface area contributed by atoms with E-state index < -0.39 is 0 Å². The Balaban J connectivity index is -0.0000000567. The van der Waals surface area contributed by atoms with Crippen LogP contribution in [0.2, 0.25) is 0 Å². The van der Waals surface area contributed by atoms with Crippen molar-refractivity contribution in [1.29, 1.82) is 1.45 Å². The van der Waals surface area contributed by atoms with Gasteiger partial charge in [0.2, 0.25) is 0 Å². The Morgan fingerprint density at radius 1 is 0.972 bits per heavy atom. The van der Waals surface area contributed by atoms with E-state index in [2.05, 4.69) is 15.8 Å². The first kappa shape index (κ1) is 48.0. The number of halogens is 3. The molecule has 0 aliphatic rings. The molecular weight excluding hydrogens is 541 g/mol. The predicted molar refractivity (Wildman–Crippen MR) is 126 cm³/mol. The summed E-state index contributed by atoms with van der Waals surface area (Å²) in [5, 5.41) is 17.7. The van der Waals surface area contributed by atoms with E-state index in [9.17, 15) is 19.5 Å². The van der Waals surface area contributed by atoms with Gasteiger partial charge >= 0.3 is 47.6 Å². The fourth-order valence-corrected chi connectivity index (χ4v) is 2.41. The van der Waals surface area contributed by atoms with Crippen LogP contribution in [0.25, 0.3) is 0 Å². The molecule has 0 heterocycles. The fraction of sp³-hybridized carbons (Fsp3) is 0.762. The number of carbonyl (C=O) groups is 4. The van der Waals surface area contributed by atoms with Gasteiger partial charge in [-0.2, -0.15) is 9.59 Å². The molecule has 0 aromatic heterocycles. The molecule has 11 nitrogen and oxygen atoms in total. The minimum absolute atomic E-state index is 0. The topological polar surface area (TPSA) is 173 Å². The van der Waals surface area contributed by atoms with Gasteiger partial charge in [-0.1, -0.05) is 13.8 Å². The second kappa shape index (κ2) is 47.1. The smallest absolute Gasteiger partial charge is 0.662 e. The van der Waals surface area contributed by atoms with E-state index in [1.807, 2.05) is 0 Å². The summed E-state index contributed by atoms with van der Waals surface area (Å²) >= 11 is 10.8. The van der Waals surface area contributed by atoms with Crippen LogP contribution < -0.4 is 34.8 Å². The zero-order chi connectivity index (χ0) is 28.3. The van der Waals surface area contributed by atoms with E-state index in [4.69, 9.17) is 47.6 Å². The average Bonchev–Trinajstić information content (AvgIpc) is 2.86. The standard InChI is InChI=1S/C9H17ClO3.C9H15ClO3.CH2O3.CO2.CH4.FH.Na.H2/c2*1-13-9(12)5-3-2-4-8(11)6-7-10;2-1-4-3;2-1-3;;;;/h8,11H,2-7H2,1H3;2-7H2,1H3;1,3H;;1H4;1H;;1H/q;;;;;;+1;/p-1/t8-;;;;;;;/m1......./s1/i/hD. The summed E-state index contributed by atoms with van der Waals surface area (Å²) in [5.41, 5.74) is 0. The number of carbonyl (C=O) groups excluding carboxylic acids is 6. The molecule has 36 heavy (non-hydrogen) atoms. The van der Waals surface area contributed by atoms with Crippen LogP contribution in [0.5, 0.6) is 0 Å². The van der Waals surface area contributed by atoms with Gasteiger partial charge in [0.25, 0.3) is 7.92 Å². The molecule has 1 atom stereocenters. The first-order valence-electron chi connectivity index (χ1n) is 10.3. The number of ketones is 1. The number of unbranched alkanes of at least 4 members (excludes halogenated alkanes) is 2. The van der Waals surface area contributed by atoms with Crippen LogP contribution in [0.15, 0.2) is 0 Å². The van der Waals surface area contributed by atoms with Crippen molar-refractivity contribution in [2.24, 2.45) is 0 Å².